The van der Waals surface area contributed by atoms with Crippen molar-refractivity contribution in [3.63, 3.8) is 0 Å². The van der Waals surface area contributed by atoms with E-state index in [9.17, 15) is 4.79 Å². The Hall–Kier alpha value is -1.29. The summed E-state index contributed by atoms with van der Waals surface area (Å²) in [6.45, 7) is 0. The van der Waals surface area contributed by atoms with Crippen molar-refractivity contribution in [3.8, 4) is 0 Å². The van der Waals surface area contributed by atoms with Gasteiger partial charge in [0.2, 0.25) is 5.91 Å². The summed E-state index contributed by atoms with van der Waals surface area (Å²) < 4.78 is 0. The van der Waals surface area contributed by atoms with Gasteiger partial charge >= 0.3 is 0 Å². The Morgan fingerprint density at radius 1 is 1.11 bits per heavy atom. The minimum atomic E-state index is -0.201. The van der Waals surface area contributed by atoms with Gasteiger partial charge in [0, 0.05) is 0 Å². The molecular formula is C13H9Cl3N2O. The third-order valence-corrected chi connectivity index (χ3v) is 3.28. The first kappa shape index (κ1) is 14.1. The average Bonchev–Trinajstić information content (AvgIpc) is 2.34. The van der Waals surface area contributed by atoms with Gasteiger partial charge < -0.3 is 5.32 Å². The number of hydrogen-bond donors (Lipinski definition) is 1. The van der Waals surface area contributed by atoms with Crippen molar-refractivity contribution >= 4 is 46.5 Å². The van der Waals surface area contributed by atoms with E-state index in [-0.39, 0.29) is 12.3 Å². The van der Waals surface area contributed by atoms with Crippen LogP contribution in [0.1, 0.15) is 5.56 Å². The van der Waals surface area contributed by atoms with E-state index in [0.29, 0.717) is 21.0 Å². The molecule has 1 amide bonds. The summed E-state index contributed by atoms with van der Waals surface area (Å²) in [6.07, 6.45) is 0.186. The maximum Gasteiger partial charge on any atom is 0.229 e. The molecule has 0 aliphatic carbocycles. The number of aromatic nitrogens is 1. The van der Waals surface area contributed by atoms with Crippen molar-refractivity contribution < 1.29 is 4.79 Å². The zero-order valence-electron chi connectivity index (χ0n) is 9.66. The van der Waals surface area contributed by atoms with E-state index in [1.54, 1.807) is 36.4 Å². The highest BCUT2D eigenvalue weighted by molar-refractivity contribution is 6.42. The Kier molecular flexibility index (Phi) is 4.64. The molecule has 0 atom stereocenters. The summed E-state index contributed by atoms with van der Waals surface area (Å²) in [7, 11) is 0. The number of benzene rings is 1. The molecule has 1 aromatic carbocycles. The molecule has 98 valence electrons. The maximum atomic E-state index is 11.8. The Balaban J connectivity index is 2.03. The number of pyridine rings is 1. The first-order valence-electron chi connectivity index (χ1n) is 5.41. The Morgan fingerprint density at radius 2 is 1.89 bits per heavy atom. The van der Waals surface area contributed by atoms with Crippen molar-refractivity contribution in [1.82, 2.24) is 4.98 Å². The molecule has 1 N–H and O–H groups in total. The number of nitrogens with one attached hydrogen (secondary N) is 1. The first-order chi connectivity index (χ1) is 9.04. The summed E-state index contributed by atoms with van der Waals surface area (Å²) in [5.74, 6) is 0.214. The van der Waals surface area contributed by atoms with Crippen LogP contribution in [-0.4, -0.2) is 10.9 Å². The van der Waals surface area contributed by atoms with Crippen molar-refractivity contribution in [3.05, 3.63) is 57.2 Å². The Morgan fingerprint density at radius 3 is 2.58 bits per heavy atom. The van der Waals surface area contributed by atoms with Crippen LogP contribution in [0.5, 0.6) is 0 Å². The van der Waals surface area contributed by atoms with Crippen LogP contribution < -0.4 is 5.32 Å². The molecule has 0 saturated carbocycles. The largest absolute Gasteiger partial charge is 0.310 e. The van der Waals surface area contributed by atoms with Crippen molar-refractivity contribution in [2.75, 3.05) is 5.32 Å². The fraction of sp³-hybridized carbons (Fsp3) is 0.0769. The summed E-state index contributed by atoms with van der Waals surface area (Å²) in [4.78, 5) is 15.8. The van der Waals surface area contributed by atoms with Gasteiger partial charge in [0.1, 0.15) is 11.0 Å². The predicted molar refractivity (Wildman–Crippen MR) is 78.0 cm³/mol. The molecule has 0 fully saturated rings. The number of anilines is 1. The Bertz CT molecular complexity index is 617. The lowest BCUT2D eigenvalue weighted by Crippen LogP contribution is -2.15. The van der Waals surface area contributed by atoms with Crippen LogP contribution in [0.4, 0.5) is 5.82 Å². The van der Waals surface area contributed by atoms with Gasteiger partial charge in [0.15, 0.2) is 0 Å². The molecule has 3 nitrogen and oxygen atoms in total. The van der Waals surface area contributed by atoms with Gasteiger partial charge in [0.25, 0.3) is 0 Å². The molecule has 2 rings (SSSR count). The highest BCUT2D eigenvalue weighted by Crippen LogP contribution is 2.22. The van der Waals surface area contributed by atoms with Crippen LogP contribution in [0.2, 0.25) is 15.2 Å². The number of nitrogens with zero attached hydrogens (tertiary/aromatic N) is 1. The lowest BCUT2D eigenvalue weighted by atomic mass is 10.1. The standard InChI is InChI=1S/C13H9Cl3N2O/c14-9-5-4-8(6-10(9)15)7-13(19)18-12-3-1-2-11(16)17-12/h1-6H,7H2,(H,17,18,19). The van der Waals surface area contributed by atoms with Gasteiger partial charge in [-0.15, -0.1) is 0 Å². The molecule has 0 bridgehead atoms. The van der Waals surface area contributed by atoms with E-state index in [4.69, 9.17) is 34.8 Å². The molecule has 0 aliphatic heterocycles. The smallest absolute Gasteiger partial charge is 0.229 e. The highest BCUT2D eigenvalue weighted by atomic mass is 35.5. The van der Waals surface area contributed by atoms with Gasteiger partial charge in [-0.1, -0.05) is 46.9 Å². The summed E-state index contributed by atoms with van der Waals surface area (Å²) in [5.41, 5.74) is 0.772. The zero-order valence-corrected chi connectivity index (χ0v) is 11.9. The molecule has 1 aromatic heterocycles. The minimum Gasteiger partial charge on any atom is -0.310 e. The molecule has 0 radical (unpaired) electrons. The number of rotatable bonds is 3. The number of amides is 1. The Labute approximate surface area is 125 Å². The van der Waals surface area contributed by atoms with Crippen LogP contribution in [0, 0.1) is 0 Å². The second-order valence-corrected chi connectivity index (χ2v) is 5.02. The van der Waals surface area contributed by atoms with E-state index in [0.717, 1.165) is 5.56 Å². The number of carbonyl (C=O) groups excluding carboxylic acids is 1. The SMILES string of the molecule is O=C(Cc1ccc(Cl)c(Cl)c1)Nc1cccc(Cl)n1. The van der Waals surface area contributed by atoms with Gasteiger partial charge in [-0.05, 0) is 29.8 Å². The highest BCUT2D eigenvalue weighted by Gasteiger charge is 2.07. The number of hydrogen-bond acceptors (Lipinski definition) is 2. The topological polar surface area (TPSA) is 42.0 Å². The molecule has 1 heterocycles. The molecule has 0 aliphatic rings. The number of carbonyl (C=O) groups is 1. The molecular weight excluding hydrogens is 307 g/mol. The van der Waals surface area contributed by atoms with Crippen molar-refractivity contribution in [1.29, 1.82) is 0 Å². The van der Waals surface area contributed by atoms with Gasteiger partial charge in [-0.25, -0.2) is 4.98 Å². The van der Waals surface area contributed by atoms with Gasteiger partial charge in [-0.3, -0.25) is 4.79 Å². The fourth-order valence-electron chi connectivity index (χ4n) is 1.50. The van der Waals surface area contributed by atoms with E-state index >= 15 is 0 Å². The van der Waals surface area contributed by atoms with Crippen LogP contribution in [0.3, 0.4) is 0 Å². The summed E-state index contributed by atoms with van der Waals surface area (Å²) >= 11 is 17.4. The van der Waals surface area contributed by atoms with E-state index in [2.05, 4.69) is 10.3 Å². The fourth-order valence-corrected chi connectivity index (χ4v) is 1.98. The second kappa shape index (κ2) is 6.24. The van der Waals surface area contributed by atoms with Gasteiger partial charge in [0.05, 0.1) is 16.5 Å². The van der Waals surface area contributed by atoms with Crippen LogP contribution in [0.15, 0.2) is 36.4 Å². The third-order valence-electron chi connectivity index (χ3n) is 2.33. The molecule has 2 aromatic rings. The van der Waals surface area contributed by atoms with E-state index in [1.807, 2.05) is 0 Å². The average molecular weight is 316 g/mol. The van der Waals surface area contributed by atoms with Crippen LogP contribution in [-0.2, 0) is 11.2 Å². The van der Waals surface area contributed by atoms with Crippen molar-refractivity contribution in [2.45, 2.75) is 6.42 Å². The molecule has 0 spiro atoms. The van der Waals surface area contributed by atoms with Gasteiger partial charge in [-0.2, -0.15) is 0 Å². The molecule has 0 saturated heterocycles. The second-order valence-electron chi connectivity index (χ2n) is 3.82. The van der Waals surface area contributed by atoms with Crippen LogP contribution in [0.25, 0.3) is 0 Å². The molecule has 6 heteroatoms. The van der Waals surface area contributed by atoms with E-state index in [1.165, 1.54) is 0 Å². The third kappa shape index (κ3) is 4.10. The molecule has 19 heavy (non-hydrogen) atoms. The number of halogens is 3. The zero-order chi connectivity index (χ0) is 13.8. The van der Waals surface area contributed by atoms with E-state index < -0.39 is 0 Å². The lowest BCUT2D eigenvalue weighted by molar-refractivity contribution is -0.115. The quantitative estimate of drug-likeness (QED) is 0.862. The first-order valence-corrected chi connectivity index (χ1v) is 6.54. The van der Waals surface area contributed by atoms with Crippen LogP contribution >= 0.6 is 34.8 Å². The normalized spacial score (nSPS) is 10.3. The lowest BCUT2D eigenvalue weighted by Gasteiger charge is -2.05. The summed E-state index contributed by atoms with van der Waals surface area (Å²) in [5, 5.41) is 3.87. The minimum absolute atomic E-state index is 0.186. The monoisotopic (exact) mass is 314 g/mol. The van der Waals surface area contributed by atoms with Crippen molar-refractivity contribution in [2.24, 2.45) is 0 Å². The summed E-state index contributed by atoms with van der Waals surface area (Å²) in [6, 6.07) is 10.1. The maximum absolute atomic E-state index is 11.8. The predicted octanol–water partition coefficient (Wildman–Crippen LogP) is 4.22. The molecule has 0 unspecified atom stereocenters.